The summed E-state index contributed by atoms with van der Waals surface area (Å²) in [6.07, 6.45) is 0. The van der Waals surface area contributed by atoms with Gasteiger partial charge in [0.15, 0.2) is 5.76 Å². The predicted molar refractivity (Wildman–Crippen MR) is 75.2 cm³/mol. The number of alkyl halides is 1. The fourth-order valence-corrected chi connectivity index (χ4v) is 2.13. The Morgan fingerprint density at radius 2 is 2.00 bits per heavy atom. The van der Waals surface area contributed by atoms with E-state index in [2.05, 4.69) is 27.2 Å². The quantitative estimate of drug-likeness (QED) is 0.792. The van der Waals surface area contributed by atoms with Crippen LogP contribution in [0.25, 0.3) is 11.3 Å². The molecule has 0 N–H and O–H groups in total. The molecule has 0 aliphatic carbocycles. The minimum absolute atomic E-state index is 0.676. The summed E-state index contributed by atoms with van der Waals surface area (Å²) in [5.74, 6) is 1.73. The molecule has 18 heavy (non-hydrogen) atoms. The molecule has 1 aromatic carbocycles. The van der Waals surface area contributed by atoms with Gasteiger partial charge in [-0.1, -0.05) is 21.1 Å². The highest BCUT2D eigenvalue weighted by atomic mass is 79.9. The number of nitrogens with zero attached hydrogens (tertiary/aromatic N) is 1. The molecule has 1 aromatic heterocycles. The third-order valence-corrected chi connectivity index (χ3v) is 3.36. The van der Waals surface area contributed by atoms with E-state index in [9.17, 15) is 0 Å². The smallest absolute Gasteiger partial charge is 0.167 e. The maximum absolute atomic E-state index is 5.58. The zero-order chi connectivity index (χ0) is 13.1. The van der Waals surface area contributed by atoms with E-state index >= 15 is 0 Å². The number of aryl methyl sites for hydroxylation is 2. The Balaban J connectivity index is 2.42. The lowest BCUT2D eigenvalue weighted by Crippen LogP contribution is -1.95. The summed E-state index contributed by atoms with van der Waals surface area (Å²) in [7, 11) is 0. The SMILES string of the molecule is CCOc1cc(C)c(-c2cc(CBr)no2)cc1C. The minimum Gasteiger partial charge on any atom is -0.494 e. The summed E-state index contributed by atoms with van der Waals surface area (Å²) in [6.45, 7) is 6.75. The van der Waals surface area contributed by atoms with Gasteiger partial charge in [-0.3, -0.25) is 0 Å². The molecular weight excluding hydrogens is 294 g/mol. The van der Waals surface area contributed by atoms with E-state index in [4.69, 9.17) is 9.26 Å². The zero-order valence-electron chi connectivity index (χ0n) is 10.8. The first-order chi connectivity index (χ1) is 8.65. The van der Waals surface area contributed by atoms with Gasteiger partial charge in [0.25, 0.3) is 0 Å². The predicted octanol–water partition coefficient (Wildman–Crippen LogP) is 4.25. The lowest BCUT2D eigenvalue weighted by atomic mass is 10.0. The van der Waals surface area contributed by atoms with Crippen LogP contribution in [0.3, 0.4) is 0 Å². The number of hydrogen-bond donors (Lipinski definition) is 0. The molecule has 0 amide bonds. The van der Waals surface area contributed by atoms with Crippen LogP contribution >= 0.6 is 15.9 Å². The summed E-state index contributed by atoms with van der Waals surface area (Å²) < 4.78 is 10.9. The molecule has 0 spiro atoms. The normalized spacial score (nSPS) is 10.7. The van der Waals surface area contributed by atoms with Crippen LogP contribution in [0.4, 0.5) is 0 Å². The molecule has 4 heteroatoms. The number of aromatic nitrogens is 1. The van der Waals surface area contributed by atoms with Crippen molar-refractivity contribution in [1.29, 1.82) is 0 Å². The van der Waals surface area contributed by atoms with E-state index in [1.165, 1.54) is 0 Å². The van der Waals surface area contributed by atoms with E-state index < -0.39 is 0 Å². The van der Waals surface area contributed by atoms with Crippen molar-refractivity contribution in [1.82, 2.24) is 5.16 Å². The van der Waals surface area contributed by atoms with Crippen LogP contribution in [0, 0.1) is 13.8 Å². The summed E-state index contributed by atoms with van der Waals surface area (Å²) in [6, 6.07) is 6.08. The number of hydrogen-bond acceptors (Lipinski definition) is 3. The average Bonchev–Trinajstić information content (AvgIpc) is 2.82. The largest absolute Gasteiger partial charge is 0.494 e. The van der Waals surface area contributed by atoms with Crippen molar-refractivity contribution in [3.05, 3.63) is 35.0 Å². The topological polar surface area (TPSA) is 35.3 Å². The van der Waals surface area contributed by atoms with Gasteiger partial charge in [0.1, 0.15) is 5.75 Å². The monoisotopic (exact) mass is 309 g/mol. The number of benzene rings is 1. The van der Waals surface area contributed by atoms with E-state index in [1.54, 1.807) is 0 Å². The van der Waals surface area contributed by atoms with Crippen LogP contribution < -0.4 is 4.74 Å². The summed E-state index contributed by atoms with van der Waals surface area (Å²) >= 11 is 3.37. The first-order valence-corrected chi connectivity index (χ1v) is 7.03. The van der Waals surface area contributed by atoms with Crippen molar-refractivity contribution < 1.29 is 9.26 Å². The second-order valence-electron chi connectivity index (χ2n) is 4.18. The second-order valence-corrected chi connectivity index (χ2v) is 4.74. The standard InChI is InChI=1S/C14H16BrNO2/c1-4-17-13-6-9(2)12(5-10(13)3)14-7-11(8-15)16-18-14/h5-7H,4,8H2,1-3H3. The molecule has 0 aliphatic rings. The van der Waals surface area contributed by atoms with Gasteiger partial charge in [-0.2, -0.15) is 0 Å². The van der Waals surface area contributed by atoms with Crippen LogP contribution in [-0.2, 0) is 5.33 Å². The molecule has 2 rings (SSSR count). The highest BCUT2D eigenvalue weighted by Gasteiger charge is 2.11. The molecule has 0 unspecified atom stereocenters. The molecule has 0 bridgehead atoms. The Hall–Kier alpha value is -1.29. The minimum atomic E-state index is 0.676. The third-order valence-electron chi connectivity index (χ3n) is 2.78. The van der Waals surface area contributed by atoms with Crippen molar-refractivity contribution in [2.75, 3.05) is 6.61 Å². The summed E-state index contributed by atoms with van der Waals surface area (Å²) in [4.78, 5) is 0. The van der Waals surface area contributed by atoms with Crippen molar-refractivity contribution in [2.24, 2.45) is 0 Å². The first kappa shape index (κ1) is 13.1. The van der Waals surface area contributed by atoms with Gasteiger partial charge in [0, 0.05) is 17.0 Å². The fourth-order valence-electron chi connectivity index (χ4n) is 1.87. The Labute approximate surface area is 115 Å². The van der Waals surface area contributed by atoms with Gasteiger partial charge >= 0.3 is 0 Å². The van der Waals surface area contributed by atoms with E-state index in [-0.39, 0.29) is 0 Å². The summed E-state index contributed by atoms with van der Waals surface area (Å²) in [5.41, 5.74) is 4.20. The lowest BCUT2D eigenvalue weighted by molar-refractivity contribution is 0.337. The highest BCUT2D eigenvalue weighted by molar-refractivity contribution is 9.08. The molecule has 3 nitrogen and oxygen atoms in total. The molecule has 0 fully saturated rings. The van der Waals surface area contributed by atoms with Gasteiger partial charge in [0.05, 0.1) is 12.3 Å². The molecule has 0 aliphatic heterocycles. The lowest BCUT2D eigenvalue weighted by Gasteiger charge is -2.10. The van der Waals surface area contributed by atoms with Gasteiger partial charge in [-0.25, -0.2) is 0 Å². The van der Waals surface area contributed by atoms with E-state index in [1.807, 2.05) is 32.9 Å². The fraction of sp³-hybridized carbons (Fsp3) is 0.357. The Morgan fingerprint density at radius 3 is 2.61 bits per heavy atom. The van der Waals surface area contributed by atoms with Gasteiger partial charge < -0.3 is 9.26 Å². The summed E-state index contributed by atoms with van der Waals surface area (Å²) in [5, 5.41) is 4.69. The van der Waals surface area contributed by atoms with Gasteiger partial charge in [-0.05, 0) is 44.0 Å². The van der Waals surface area contributed by atoms with Crippen LogP contribution in [0.2, 0.25) is 0 Å². The maximum atomic E-state index is 5.58. The zero-order valence-corrected chi connectivity index (χ0v) is 12.4. The Kier molecular flexibility index (Phi) is 4.07. The van der Waals surface area contributed by atoms with Crippen LogP contribution in [0.5, 0.6) is 5.75 Å². The maximum Gasteiger partial charge on any atom is 0.167 e. The Bertz CT molecular complexity index is 549. The van der Waals surface area contributed by atoms with Crippen molar-refractivity contribution in [3.63, 3.8) is 0 Å². The van der Waals surface area contributed by atoms with Crippen LogP contribution in [-0.4, -0.2) is 11.8 Å². The first-order valence-electron chi connectivity index (χ1n) is 5.91. The molecule has 0 saturated carbocycles. The van der Waals surface area contributed by atoms with Gasteiger partial charge in [-0.15, -0.1) is 0 Å². The van der Waals surface area contributed by atoms with Crippen LogP contribution in [0.15, 0.2) is 22.7 Å². The molecule has 1 heterocycles. The number of ether oxygens (including phenoxy) is 1. The van der Waals surface area contributed by atoms with Crippen LogP contribution in [0.1, 0.15) is 23.7 Å². The molecule has 0 radical (unpaired) electrons. The van der Waals surface area contributed by atoms with Crippen molar-refractivity contribution in [2.45, 2.75) is 26.1 Å². The van der Waals surface area contributed by atoms with E-state index in [0.717, 1.165) is 33.9 Å². The molecule has 0 atom stereocenters. The molecular formula is C14H16BrNO2. The average molecular weight is 310 g/mol. The van der Waals surface area contributed by atoms with Crippen molar-refractivity contribution in [3.8, 4) is 17.1 Å². The molecule has 96 valence electrons. The number of rotatable bonds is 4. The van der Waals surface area contributed by atoms with Crippen molar-refractivity contribution >= 4 is 15.9 Å². The second kappa shape index (κ2) is 5.57. The Morgan fingerprint density at radius 1 is 1.22 bits per heavy atom. The highest BCUT2D eigenvalue weighted by Crippen LogP contribution is 2.30. The molecule has 0 saturated heterocycles. The van der Waals surface area contributed by atoms with Gasteiger partial charge in [0.2, 0.25) is 0 Å². The number of halogens is 1. The van der Waals surface area contributed by atoms with E-state index in [0.29, 0.717) is 11.9 Å². The molecule has 2 aromatic rings. The third kappa shape index (κ3) is 2.58.